The number of benzene rings is 3. The Balaban J connectivity index is 1.86. The highest BCUT2D eigenvalue weighted by atomic mass is 35.5. The number of imide groups is 1. The average Bonchev–Trinajstić information content (AvgIpc) is 2.95. The van der Waals surface area contributed by atoms with Crippen LogP contribution in [0.4, 0.5) is 11.4 Å². The Bertz CT molecular complexity index is 1200. The Morgan fingerprint density at radius 3 is 2.13 bits per heavy atom. The van der Waals surface area contributed by atoms with Crippen molar-refractivity contribution in [1.29, 1.82) is 0 Å². The van der Waals surface area contributed by atoms with Gasteiger partial charge >= 0.3 is 0 Å². The van der Waals surface area contributed by atoms with Crippen LogP contribution in [0, 0.1) is 13.8 Å². The number of halogens is 2. The lowest BCUT2D eigenvalue weighted by Gasteiger charge is -2.18. The van der Waals surface area contributed by atoms with Crippen LogP contribution in [0.15, 0.2) is 72.4 Å². The number of hydrogen-bond donors (Lipinski definition) is 1. The number of carbonyl (C=O) groups excluding carboxylic acids is 2. The predicted octanol–water partition coefficient (Wildman–Crippen LogP) is 6.01. The first-order chi connectivity index (χ1) is 14.4. The van der Waals surface area contributed by atoms with Gasteiger partial charge in [-0.15, -0.1) is 0 Å². The first-order valence-corrected chi connectivity index (χ1v) is 10.1. The molecule has 1 heterocycles. The van der Waals surface area contributed by atoms with Crippen LogP contribution in [0.3, 0.4) is 0 Å². The zero-order chi connectivity index (χ0) is 21.4. The van der Waals surface area contributed by atoms with E-state index in [9.17, 15) is 9.59 Å². The van der Waals surface area contributed by atoms with Gasteiger partial charge < -0.3 is 5.32 Å². The minimum atomic E-state index is -0.427. The second-order valence-electron chi connectivity index (χ2n) is 7.08. The summed E-state index contributed by atoms with van der Waals surface area (Å²) >= 11 is 12.2. The van der Waals surface area contributed by atoms with Gasteiger partial charge in [-0.2, -0.15) is 0 Å². The van der Waals surface area contributed by atoms with Crippen LogP contribution in [0.5, 0.6) is 0 Å². The van der Waals surface area contributed by atoms with Crippen molar-refractivity contribution in [2.75, 3.05) is 10.2 Å². The Morgan fingerprint density at radius 2 is 1.43 bits per heavy atom. The molecule has 0 atom stereocenters. The zero-order valence-corrected chi connectivity index (χ0v) is 17.9. The smallest absolute Gasteiger partial charge is 0.282 e. The van der Waals surface area contributed by atoms with Crippen molar-refractivity contribution in [2.24, 2.45) is 0 Å². The molecule has 3 aromatic carbocycles. The van der Waals surface area contributed by atoms with Gasteiger partial charge in [-0.05, 0) is 60.9 Å². The third-order valence-corrected chi connectivity index (χ3v) is 5.48. The molecule has 2 amide bonds. The third kappa shape index (κ3) is 3.60. The van der Waals surface area contributed by atoms with Gasteiger partial charge in [0.2, 0.25) is 0 Å². The van der Waals surface area contributed by atoms with E-state index in [0.717, 1.165) is 11.1 Å². The molecule has 6 heteroatoms. The summed E-state index contributed by atoms with van der Waals surface area (Å²) in [6.45, 7) is 3.72. The molecule has 4 rings (SSSR count). The van der Waals surface area contributed by atoms with E-state index < -0.39 is 5.91 Å². The number of aryl methyl sites for hydroxylation is 2. The Kier molecular flexibility index (Phi) is 5.37. The summed E-state index contributed by atoms with van der Waals surface area (Å²) in [5.41, 5.74) is 3.99. The number of amides is 2. The van der Waals surface area contributed by atoms with Crippen molar-refractivity contribution in [3.63, 3.8) is 0 Å². The number of hydrogen-bond acceptors (Lipinski definition) is 3. The SMILES string of the molecule is Cc1ccc(Cl)cc1NC1=C(c2ccccc2)C(=O)N(c2ccc(Cl)cc2C)C1=O. The van der Waals surface area contributed by atoms with Crippen molar-refractivity contribution in [3.8, 4) is 0 Å². The molecule has 150 valence electrons. The molecule has 4 nitrogen and oxygen atoms in total. The number of rotatable bonds is 4. The minimum absolute atomic E-state index is 0.214. The second-order valence-corrected chi connectivity index (χ2v) is 7.95. The number of nitrogens with zero attached hydrogens (tertiary/aromatic N) is 1. The summed E-state index contributed by atoms with van der Waals surface area (Å²) in [6, 6.07) is 19.6. The molecule has 1 aliphatic rings. The van der Waals surface area contributed by atoms with Crippen LogP contribution in [0.1, 0.15) is 16.7 Å². The Labute approximate surface area is 184 Å². The zero-order valence-electron chi connectivity index (χ0n) is 16.4. The molecule has 0 bridgehead atoms. The van der Waals surface area contributed by atoms with E-state index in [1.165, 1.54) is 4.90 Å². The van der Waals surface area contributed by atoms with Gasteiger partial charge in [-0.1, -0.05) is 59.6 Å². The maximum atomic E-state index is 13.5. The molecule has 1 aliphatic heterocycles. The van der Waals surface area contributed by atoms with E-state index in [1.807, 2.05) is 50.2 Å². The summed E-state index contributed by atoms with van der Waals surface area (Å²) in [5, 5.41) is 4.24. The van der Waals surface area contributed by atoms with E-state index in [0.29, 0.717) is 32.6 Å². The molecule has 30 heavy (non-hydrogen) atoms. The van der Waals surface area contributed by atoms with Gasteiger partial charge in [0.05, 0.1) is 11.3 Å². The molecule has 3 aromatic rings. The third-order valence-electron chi connectivity index (χ3n) is 5.01. The van der Waals surface area contributed by atoms with Crippen molar-refractivity contribution in [2.45, 2.75) is 13.8 Å². The number of anilines is 2. The topological polar surface area (TPSA) is 49.4 Å². The fourth-order valence-electron chi connectivity index (χ4n) is 3.47. The van der Waals surface area contributed by atoms with Gasteiger partial charge in [0.25, 0.3) is 11.8 Å². The fraction of sp³-hybridized carbons (Fsp3) is 0.0833. The highest BCUT2D eigenvalue weighted by molar-refractivity contribution is 6.46. The molecular formula is C24H18Cl2N2O2. The molecule has 0 saturated heterocycles. The lowest BCUT2D eigenvalue weighted by Crippen LogP contribution is -2.33. The summed E-state index contributed by atoms with van der Waals surface area (Å²) in [6.07, 6.45) is 0. The standard InChI is InChI=1S/C24H18Cl2N2O2/c1-14-8-9-18(26)13-19(14)27-22-21(16-6-4-3-5-7-16)23(29)28(24(22)30)20-11-10-17(25)12-15(20)2/h3-13,27H,1-2H3. The van der Waals surface area contributed by atoms with Gasteiger partial charge in [0.1, 0.15) is 5.70 Å². The molecule has 0 aromatic heterocycles. The highest BCUT2D eigenvalue weighted by Gasteiger charge is 2.40. The number of carbonyl (C=O) groups is 2. The van der Waals surface area contributed by atoms with E-state index in [1.54, 1.807) is 30.3 Å². The normalized spacial score (nSPS) is 13.9. The quantitative estimate of drug-likeness (QED) is 0.509. The lowest BCUT2D eigenvalue weighted by molar-refractivity contribution is -0.120. The predicted molar refractivity (Wildman–Crippen MR) is 122 cm³/mol. The summed E-state index contributed by atoms with van der Waals surface area (Å²) in [4.78, 5) is 28.1. The van der Waals surface area contributed by atoms with Crippen LogP contribution in [0.2, 0.25) is 10.0 Å². The van der Waals surface area contributed by atoms with Crippen LogP contribution in [-0.2, 0) is 9.59 Å². The van der Waals surface area contributed by atoms with Gasteiger partial charge in [0.15, 0.2) is 0 Å². The van der Waals surface area contributed by atoms with Gasteiger partial charge in [-0.25, -0.2) is 4.90 Å². The lowest BCUT2D eigenvalue weighted by atomic mass is 10.0. The molecule has 0 saturated carbocycles. The largest absolute Gasteiger partial charge is 0.350 e. The average molecular weight is 437 g/mol. The van der Waals surface area contributed by atoms with Crippen molar-refractivity contribution in [1.82, 2.24) is 0 Å². The number of nitrogens with one attached hydrogen (secondary N) is 1. The Morgan fingerprint density at radius 1 is 0.767 bits per heavy atom. The maximum absolute atomic E-state index is 13.5. The van der Waals surface area contributed by atoms with E-state index in [4.69, 9.17) is 23.2 Å². The molecule has 0 radical (unpaired) electrons. The molecule has 0 unspecified atom stereocenters. The van der Waals surface area contributed by atoms with E-state index in [-0.39, 0.29) is 11.6 Å². The molecule has 0 spiro atoms. The first kappa shape index (κ1) is 20.2. The van der Waals surface area contributed by atoms with Crippen LogP contribution in [0.25, 0.3) is 5.57 Å². The van der Waals surface area contributed by atoms with Gasteiger partial charge in [-0.3, -0.25) is 9.59 Å². The van der Waals surface area contributed by atoms with Crippen molar-refractivity contribution >= 4 is 52.0 Å². The monoisotopic (exact) mass is 436 g/mol. The van der Waals surface area contributed by atoms with Crippen LogP contribution in [-0.4, -0.2) is 11.8 Å². The Hall–Kier alpha value is -3.08. The summed E-state index contributed by atoms with van der Waals surface area (Å²) < 4.78 is 0. The molecule has 0 aliphatic carbocycles. The first-order valence-electron chi connectivity index (χ1n) is 9.34. The van der Waals surface area contributed by atoms with Crippen LogP contribution >= 0.6 is 23.2 Å². The summed E-state index contributed by atoms with van der Waals surface area (Å²) in [5.74, 6) is -0.817. The van der Waals surface area contributed by atoms with Crippen molar-refractivity contribution < 1.29 is 9.59 Å². The highest BCUT2D eigenvalue weighted by Crippen LogP contribution is 2.36. The second kappa shape index (κ2) is 7.98. The van der Waals surface area contributed by atoms with Crippen LogP contribution < -0.4 is 10.2 Å². The van der Waals surface area contributed by atoms with Crippen molar-refractivity contribution in [3.05, 3.63) is 99.2 Å². The van der Waals surface area contributed by atoms with E-state index >= 15 is 0 Å². The summed E-state index contributed by atoms with van der Waals surface area (Å²) in [7, 11) is 0. The fourth-order valence-corrected chi connectivity index (χ4v) is 3.87. The van der Waals surface area contributed by atoms with Gasteiger partial charge in [0, 0.05) is 15.7 Å². The minimum Gasteiger partial charge on any atom is -0.350 e. The molecule has 0 fully saturated rings. The van der Waals surface area contributed by atoms with E-state index in [2.05, 4.69) is 5.32 Å². The maximum Gasteiger partial charge on any atom is 0.282 e. The molecule has 1 N–H and O–H groups in total. The molecular weight excluding hydrogens is 419 g/mol.